The summed E-state index contributed by atoms with van der Waals surface area (Å²) in [6, 6.07) is 7.06. The maximum atomic E-state index is 11.4. The molecule has 1 atom stereocenters. The summed E-state index contributed by atoms with van der Waals surface area (Å²) in [6.07, 6.45) is -0.612. The third kappa shape index (κ3) is 6.89. The zero-order chi connectivity index (χ0) is 14.5. The molecule has 114 valence electrons. The Labute approximate surface area is 126 Å². The second-order valence-electron chi connectivity index (χ2n) is 5.65. The third-order valence-corrected chi connectivity index (χ3v) is 2.57. The molecule has 1 unspecified atom stereocenters. The molecule has 0 saturated heterocycles. The summed E-state index contributed by atoms with van der Waals surface area (Å²) in [5.74, 6) is 0.475. The Balaban J connectivity index is 0.00000361. The van der Waals surface area contributed by atoms with Crippen LogP contribution in [0.3, 0.4) is 0 Å². The van der Waals surface area contributed by atoms with Crippen molar-refractivity contribution in [3.8, 4) is 5.75 Å². The van der Waals surface area contributed by atoms with Crippen molar-refractivity contribution < 1.29 is 14.6 Å². The van der Waals surface area contributed by atoms with Crippen LogP contribution in [0.1, 0.15) is 38.1 Å². The van der Waals surface area contributed by atoms with E-state index in [9.17, 15) is 9.90 Å². The van der Waals surface area contributed by atoms with Crippen molar-refractivity contribution in [2.45, 2.75) is 39.3 Å². The number of benzene rings is 1. The van der Waals surface area contributed by atoms with Gasteiger partial charge in [-0.1, -0.05) is 12.1 Å². The molecule has 0 aliphatic heterocycles. The number of ketones is 1. The number of hydrogen-bond acceptors (Lipinski definition) is 4. The molecule has 4 nitrogen and oxygen atoms in total. The topological polar surface area (TPSA) is 58.6 Å². The van der Waals surface area contributed by atoms with Crippen LogP contribution in [0.25, 0.3) is 0 Å². The molecule has 0 aliphatic rings. The summed E-state index contributed by atoms with van der Waals surface area (Å²) >= 11 is 0. The van der Waals surface area contributed by atoms with Gasteiger partial charge in [-0.2, -0.15) is 0 Å². The van der Waals surface area contributed by atoms with Gasteiger partial charge < -0.3 is 15.2 Å². The van der Waals surface area contributed by atoms with Crippen molar-refractivity contribution in [3.05, 3.63) is 29.8 Å². The van der Waals surface area contributed by atoms with Gasteiger partial charge in [0, 0.05) is 12.1 Å². The van der Waals surface area contributed by atoms with Crippen LogP contribution in [-0.4, -0.2) is 35.7 Å². The van der Waals surface area contributed by atoms with Gasteiger partial charge in [-0.25, -0.2) is 0 Å². The van der Waals surface area contributed by atoms with Crippen LogP contribution in [0.5, 0.6) is 5.75 Å². The van der Waals surface area contributed by atoms with Gasteiger partial charge in [0.05, 0.1) is 5.56 Å². The van der Waals surface area contributed by atoms with Crippen LogP contribution in [-0.2, 0) is 0 Å². The molecule has 5 heteroatoms. The zero-order valence-electron chi connectivity index (χ0n) is 12.5. The second-order valence-corrected chi connectivity index (χ2v) is 5.65. The Morgan fingerprint density at radius 1 is 1.35 bits per heavy atom. The van der Waals surface area contributed by atoms with Crippen molar-refractivity contribution in [1.82, 2.24) is 5.32 Å². The Morgan fingerprint density at radius 2 is 1.95 bits per heavy atom. The number of carbonyl (C=O) groups excluding carboxylic acids is 1. The molecule has 1 rings (SSSR count). The van der Waals surface area contributed by atoms with Crippen molar-refractivity contribution in [1.29, 1.82) is 0 Å². The quantitative estimate of drug-likeness (QED) is 0.792. The first-order chi connectivity index (χ1) is 8.79. The highest BCUT2D eigenvalue weighted by Gasteiger charge is 2.14. The summed E-state index contributed by atoms with van der Waals surface area (Å²) in [5, 5.41) is 13.0. The first-order valence-corrected chi connectivity index (χ1v) is 6.45. The van der Waals surface area contributed by atoms with Gasteiger partial charge in [0.25, 0.3) is 0 Å². The molecule has 20 heavy (non-hydrogen) atoms. The Bertz CT molecular complexity index is 429. The largest absolute Gasteiger partial charge is 0.490 e. The lowest BCUT2D eigenvalue weighted by atomic mass is 10.1. The number of para-hydroxylation sites is 1. The number of Topliss-reactive ketones (excluding diaryl/α,β-unsaturated/α-hetero) is 1. The maximum absolute atomic E-state index is 11.4. The van der Waals surface area contributed by atoms with E-state index >= 15 is 0 Å². The maximum Gasteiger partial charge on any atom is 0.163 e. The Kier molecular flexibility index (Phi) is 7.79. The smallest absolute Gasteiger partial charge is 0.163 e. The predicted octanol–water partition coefficient (Wildman–Crippen LogP) is 2.44. The fourth-order valence-corrected chi connectivity index (χ4v) is 1.55. The summed E-state index contributed by atoms with van der Waals surface area (Å²) < 4.78 is 5.51. The fraction of sp³-hybridized carbons (Fsp3) is 0.533. The van der Waals surface area contributed by atoms with Crippen LogP contribution in [0.4, 0.5) is 0 Å². The van der Waals surface area contributed by atoms with Crippen molar-refractivity contribution >= 4 is 18.2 Å². The minimum absolute atomic E-state index is 0. The summed E-state index contributed by atoms with van der Waals surface area (Å²) in [7, 11) is 0. The zero-order valence-corrected chi connectivity index (χ0v) is 13.3. The lowest BCUT2D eigenvalue weighted by molar-refractivity contribution is 0.0950. The van der Waals surface area contributed by atoms with Crippen molar-refractivity contribution in [2.24, 2.45) is 0 Å². The SMILES string of the molecule is CC(=O)c1ccccc1OCC(O)CNC(C)(C)C.Cl. The van der Waals surface area contributed by atoms with E-state index in [4.69, 9.17) is 4.74 Å². The van der Waals surface area contributed by atoms with Crippen LogP contribution >= 0.6 is 12.4 Å². The molecule has 0 saturated carbocycles. The molecule has 0 heterocycles. The van der Waals surface area contributed by atoms with Gasteiger partial charge in [-0.05, 0) is 39.8 Å². The number of aliphatic hydroxyl groups is 1. The van der Waals surface area contributed by atoms with Crippen molar-refractivity contribution in [3.63, 3.8) is 0 Å². The minimum Gasteiger partial charge on any atom is -0.490 e. The molecule has 0 bridgehead atoms. The lowest BCUT2D eigenvalue weighted by Gasteiger charge is -2.23. The molecule has 0 spiro atoms. The van der Waals surface area contributed by atoms with Crippen LogP contribution in [0.15, 0.2) is 24.3 Å². The fourth-order valence-electron chi connectivity index (χ4n) is 1.55. The Morgan fingerprint density at radius 3 is 2.50 bits per heavy atom. The van der Waals surface area contributed by atoms with Gasteiger partial charge >= 0.3 is 0 Å². The van der Waals surface area contributed by atoms with E-state index in [0.717, 1.165) is 0 Å². The molecule has 2 N–H and O–H groups in total. The predicted molar refractivity (Wildman–Crippen MR) is 83.0 cm³/mol. The molecule has 0 radical (unpaired) electrons. The molecule has 1 aromatic rings. The van der Waals surface area contributed by atoms with Gasteiger partial charge in [-0.3, -0.25) is 4.79 Å². The molecule has 0 aliphatic carbocycles. The number of aliphatic hydroxyl groups excluding tert-OH is 1. The number of ether oxygens (including phenoxy) is 1. The Hall–Kier alpha value is -1.10. The number of carbonyl (C=O) groups is 1. The van der Waals surface area contributed by atoms with Crippen LogP contribution in [0.2, 0.25) is 0 Å². The third-order valence-electron chi connectivity index (χ3n) is 2.57. The van der Waals surface area contributed by atoms with Crippen LogP contribution < -0.4 is 10.1 Å². The molecule has 0 aromatic heterocycles. The monoisotopic (exact) mass is 301 g/mol. The van der Waals surface area contributed by atoms with Gasteiger partial charge in [-0.15, -0.1) is 12.4 Å². The standard InChI is InChI=1S/C15H23NO3.ClH/c1-11(17)13-7-5-6-8-14(13)19-10-12(18)9-16-15(2,3)4;/h5-8,12,16,18H,9-10H2,1-4H3;1H. The van der Waals surface area contributed by atoms with E-state index < -0.39 is 6.10 Å². The van der Waals surface area contributed by atoms with Gasteiger partial charge in [0.1, 0.15) is 18.5 Å². The van der Waals surface area contributed by atoms with E-state index in [1.807, 2.05) is 26.8 Å². The average Bonchev–Trinajstić information content (AvgIpc) is 2.33. The van der Waals surface area contributed by atoms with Crippen LogP contribution in [0, 0.1) is 0 Å². The average molecular weight is 302 g/mol. The highest BCUT2D eigenvalue weighted by atomic mass is 35.5. The second kappa shape index (κ2) is 8.25. The number of β-amino-alcohol motifs (C(OH)–C–C–N with tert-alkyl or cyclic N) is 1. The number of rotatable bonds is 6. The van der Waals surface area contributed by atoms with E-state index in [1.165, 1.54) is 6.92 Å². The van der Waals surface area contributed by atoms with E-state index in [-0.39, 0.29) is 30.3 Å². The summed E-state index contributed by atoms with van der Waals surface area (Å²) in [6.45, 7) is 8.21. The minimum atomic E-state index is -0.612. The molecular formula is C15H24ClNO3. The summed E-state index contributed by atoms with van der Waals surface area (Å²) in [5.41, 5.74) is 0.497. The first-order valence-electron chi connectivity index (χ1n) is 6.45. The first kappa shape index (κ1) is 18.9. The highest BCUT2D eigenvalue weighted by molar-refractivity contribution is 5.96. The van der Waals surface area contributed by atoms with E-state index in [2.05, 4.69) is 5.32 Å². The highest BCUT2D eigenvalue weighted by Crippen LogP contribution is 2.18. The molecule has 0 fully saturated rings. The number of halogens is 1. The van der Waals surface area contributed by atoms with Crippen molar-refractivity contribution in [2.75, 3.05) is 13.2 Å². The molecule has 1 aromatic carbocycles. The molecular weight excluding hydrogens is 278 g/mol. The number of hydrogen-bond donors (Lipinski definition) is 2. The normalized spacial score (nSPS) is 12.4. The van der Waals surface area contributed by atoms with Gasteiger partial charge in [0.15, 0.2) is 5.78 Å². The molecule has 0 amide bonds. The van der Waals surface area contributed by atoms with E-state index in [0.29, 0.717) is 17.9 Å². The lowest BCUT2D eigenvalue weighted by Crippen LogP contribution is -2.42. The van der Waals surface area contributed by atoms with Gasteiger partial charge in [0.2, 0.25) is 0 Å². The summed E-state index contributed by atoms with van der Waals surface area (Å²) in [4.78, 5) is 11.4. The number of nitrogens with one attached hydrogen (secondary N) is 1. The van der Waals surface area contributed by atoms with E-state index in [1.54, 1.807) is 18.2 Å².